The number of hydrogen-bond acceptors (Lipinski definition) is 6. The fraction of sp³-hybridized carbons (Fsp3) is 0.500. The maximum Gasteiger partial charge on any atom is 0.253 e. The molecule has 2 fully saturated rings. The number of nitrogens with one attached hydrogen (secondary N) is 1. The molecule has 0 unspecified atom stereocenters. The molecule has 1 aromatic carbocycles. The van der Waals surface area contributed by atoms with Gasteiger partial charge in [-0.1, -0.05) is 11.6 Å². The molecule has 1 aromatic heterocycles. The lowest BCUT2D eigenvalue weighted by atomic mass is 9.95. The Morgan fingerprint density at radius 2 is 1.69 bits per heavy atom. The number of sulfonamides is 1. The molecule has 2 saturated heterocycles. The van der Waals surface area contributed by atoms with Gasteiger partial charge in [0.05, 0.1) is 4.90 Å². The molecular formula is C22H28N4O5S. The van der Waals surface area contributed by atoms with Crippen molar-refractivity contribution in [2.45, 2.75) is 43.9 Å². The molecule has 0 atom stereocenters. The summed E-state index contributed by atoms with van der Waals surface area (Å²) in [4.78, 5) is 27.2. The molecule has 0 saturated carbocycles. The molecular weight excluding hydrogens is 432 g/mol. The quantitative estimate of drug-likeness (QED) is 0.734. The summed E-state index contributed by atoms with van der Waals surface area (Å²) >= 11 is 0. The van der Waals surface area contributed by atoms with Gasteiger partial charge in [0.25, 0.3) is 5.91 Å². The second kappa shape index (κ2) is 9.41. The van der Waals surface area contributed by atoms with Gasteiger partial charge in [0, 0.05) is 43.7 Å². The average molecular weight is 461 g/mol. The number of aryl methyl sites for hydroxylation is 1. The van der Waals surface area contributed by atoms with Crippen LogP contribution in [0.3, 0.4) is 0 Å². The van der Waals surface area contributed by atoms with E-state index in [9.17, 15) is 18.0 Å². The van der Waals surface area contributed by atoms with Gasteiger partial charge in [0.1, 0.15) is 5.76 Å². The van der Waals surface area contributed by atoms with Crippen molar-refractivity contribution >= 4 is 27.7 Å². The molecule has 9 nitrogen and oxygen atoms in total. The van der Waals surface area contributed by atoms with Gasteiger partial charge >= 0.3 is 0 Å². The maximum absolute atomic E-state index is 12.9. The van der Waals surface area contributed by atoms with Gasteiger partial charge < -0.3 is 14.7 Å². The zero-order valence-corrected chi connectivity index (χ0v) is 18.9. The summed E-state index contributed by atoms with van der Waals surface area (Å²) in [7, 11) is -3.52. The highest BCUT2D eigenvalue weighted by molar-refractivity contribution is 7.89. The van der Waals surface area contributed by atoms with Gasteiger partial charge in [-0.05, 0) is 56.9 Å². The van der Waals surface area contributed by atoms with Crippen LogP contribution < -0.4 is 5.32 Å². The van der Waals surface area contributed by atoms with Crippen LogP contribution in [-0.4, -0.2) is 60.8 Å². The Morgan fingerprint density at radius 3 is 2.28 bits per heavy atom. The molecule has 10 heteroatoms. The number of likely N-dealkylation sites (tertiary alicyclic amines) is 1. The van der Waals surface area contributed by atoms with Crippen LogP contribution in [0.4, 0.5) is 5.82 Å². The first-order valence-electron chi connectivity index (χ1n) is 11.0. The molecule has 172 valence electrons. The van der Waals surface area contributed by atoms with Crippen LogP contribution >= 0.6 is 0 Å². The monoisotopic (exact) mass is 460 g/mol. The van der Waals surface area contributed by atoms with E-state index in [1.54, 1.807) is 30.0 Å². The molecule has 0 bridgehead atoms. The lowest BCUT2D eigenvalue weighted by molar-refractivity contribution is -0.121. The number of anilines is 1. The Balaban J connectivity index is 1.33. The standard InChI is InChI=1S/C22H28N4O5S/c1-16-15-20(24-31-16)23-21(27)17-9-13-25(14-10-17)22(28)18-5-7-19(8-6-18)32(29,30)26-11-3-2-4-12-26/h5-8,15,17H,2-4,9-14H2,1H3,(H,23,24,27). The van der Waals surface area contributed by atoms with Crippen molar-refractivity contribution in [1.29, 1.82) is 0 Å². The molecule has 4 rings (SSSR count). The summed E-state index contributed by atoms with van der Waals surface area (Å²) in [5, 5.41) is 6.52. The molecule has 0 aliphatic carbocycles. The number of aromatic nitrogens is 1. The number of nitrogens with zero attached hydrogens (tertiary/aromatic N) is 3. The van der Waals surface area contributed by atoms with E-state index in [0.717, 1.165) is 19.3 Å². The predicted octanol–water partition coefficient (Wildman–Crippen LogP) is 2.65. The summed E-state index contributed by atoms with van der Waals surface area (Å²) in [6.45, 7) is 3.76. The molecule has 0 radical (unpaired) electrons. The Hall–Kier alpha value is -2.72. The summed E-state index contributed by atoms with van der Waals surface area (Å²) < 4.78 is 32.0. The fourth-order valence-electron chi connectivity index (χ4n) is 4.20. The number of carbonyl (C=O) groups is 2. The van der Waals surface area contributed by atoms with Gasteiger partial charge in [-0.15, -0.1) is 0 Å². The van der Waals surface area contributed by atoms with Crippen LogP contribution in [0, 0.1) is 12.8 Å². The molecule has 2 aromatic rings. The van der Waals surface area contributed by atoms with E-state index in [1.165, 1.54) is 16.4 Å². The number of rotatable bonds is 5. The first-order chi connectivity index (χ1) is 15.3. The zero-order valence-electron chi connectivity index (χ0n) is 18.1. The average Bonchev–Trinajstić information content (AvgIpc) is 3.23. The smallest absolute Gasteiger partial charge is 0.253 e. The van der Waals surface area contributed by atoms with Crippen molar-refractivity contribution in [3.63, 3.8) is 0 Å². The van der Waals surface area contributed by atoms with Crippen LogP contribution in [0.5, 0.6) is 0 Å². The Bertz CT molecular complexity index is 1070. The van der Waals surface area contributed by atoms with E-state index in [-0.39, 0.29) is 22.6 Å². The van der Waals surface area contributed by atoms with Gasteiger partial charge in [-0.3, -0.25) is 9.59 Å². The van der Waals surface area contributed by atoms with E-state index in [4.69, 9.17) is 4.52 Å². The minimum atomic E-state index is -3.52. The second-order valence-electron chi connectivity index (χ2n) is 8.37. The largest absolute Gasteiger partial charge is 0.360 e. The summed E-state index contributed by atoms with van der Waals surface area (Å²) in [5.74, 6) is 0.532. The molecule has 0 spiro atoms. The van der Waals surface area contributed by atoms with Crippen molar-refractivity contribution in [1.82, 2.24) is 14.4 Å². The number of benzene rings is 1. The van der Waals surface area contributed by atoms with Gasteiger partial charge in [0.2, 0.25) is 15.9 Å². The van der Waals surface area contributed by atoms with Crippen molar-refractivity contribution in [2.75, 3.05) is 31.5 Å². The highest BCUT2D eigenvalue weighted by Gasteiger charge is 2.29. The van der Waals surface area contributed by atoms with Gasteiger partial charge in [0.15, 0.2) is 5.82 Å². The van der Waals surface area contributed by atoms with E-state index < -0.39 is 10.0 Å². The summed E-state index contributed by atoms with van der Waals surface area (Å²) in [5.41, 5.74) is 0.448. The molecule has 2 amide bonds. The highest BCUT2D eigenvalue weighted by Crippen LogP contribution is 2.23. The molecule has 3 heterocycles. The van der Waals surface area contributed by atoms with Gasteiger partial charge in [-0.2, -0.15) is 4.31 Å². The molecule has 32 heavy (non-hydrogen) atoms. The van der Waals surface area contributed by atoms with Crippen LogP contribution in [0.15, 0.2) is 39.8 Å². The summed E-state index contributed by atoms with van der Waals surface area (Å²) in [6, 6.07) is 7.83. The molecule has 2 aliphatic heterocycles. The topological polar surface area (TPSA) is 113 Å². The van der Waals surface area contributed by atoms with Gasteiger partial charge in [-0.25, -0.2) is 8.42 Å². The number of amides is 2. The minimum Gasteiger partial charge on any atom is -0.360 e. The SMILES string of the molecule is Cc1cc(NC(=O)C2CCN(C(=O)c3ccc(S(=O)(=O)N4CCCCC4)cc3)CC2)no1. The van der Waals surface area contributed by atoms with Crippen molar-refractivity contribution < 1.29 is 22.5 Å². The Kier molecular flexibility index (Phi) is 6.61. The number of piperidine rings is 2. The third-order valence-electron chi connectivity index (χ3n) is 6.09. The van der Waals surface area contributed by atoms with E-state index in [1.807, 2.05) is 0 Å². The maximum atomic E-state index is 12.9. The van der Waals surface area contributed by atoms with E-state index in [2.05, 4.69) is 10.5 Å². The van der Waals surface area contributed by atoms with Crippen LogP contribution in [0.25, 0.3) is 0 Å². The molecule has 1 N–H and O–H groups in total. The first kappa shape index (κ1) is 22.5. The van der Waals surface area contributed by atoms with E-state index in [0.29, 0.717) is 56.2 Å². The summed E-state index contributed by atoms with van der Waals surface area (Å²) in [6.07, 6.45) is 3.91. The van der Waals surface area contributed by atoms with Crippen LogP contribution in [0.2, 0.25) is 0 Å². The third-order valence-corrected chi connectivity index (χ3v) is 8.00. The van der Waals surface area contributed by atoms with Crippen molar-refractivity contribution in [3.8, 4) is 0 Å². The van der Waals surface area contributed by atoms with Crippen LogP contribution in [0.1, 0.15) is 48.2 Å². The second-order valence-corrected chi connectivity index (χ2v) is 10.3. The van der Waals surface area contributed by atoms with Crippen molar-refractivity contribution in [2.24, 2.45) is 5.92 Å². The number of hydrogen-bond donors (Lipinski definition) is 1. The van der Waals surface area contributed by atoms with Crippen LogP contribution in [-0.2, 0) is 14.8 Å². The highest BCUT2D eigenvalue weighted by atomic mass is 32.2. The van der Waals surface area contributed by atoms with E-state index >= 15 is 0 Å². The Labute approximate surface area is 187 Å². The van der Waals surface area contributed by atoms with Crippen molar-refractivity contribution in [3.05, 3.63) is 41.7 Å². The Morgan fingerprint density at radius 1 is 1.03 bits per heavy atom. The lowest BCUT2D eigenvalue weighted by Gasteiger charge is -2.31. The zero-order chi connectivity index (χ0) is 22.7. The predicted molar refractivity (Wildman–Crippen MR) is 118 cm³/mol. The minimum absolute atomic E-state index is 0.127. The lowest BCUT2D eigenvalue weighted by Crippen LogP contribution is -2.41. The first-order valence-corrected chi connectivity index (χ1v) is 12.4. The third kappa shape index (κ3) is 4.86. The normalized spacial score (nSPS) is 18.5. The fourth-order valence-corrected chi connectivity index (χ4v) is 5.72. The number of carbonyl (C=O) groups excluding carboxylic acids is 2. The molecule has 2 aliphatic rings.